The summed E-state index contributed by atoms with van der Waals surface area (Å²) in [6, 6.07) is 30.8. The Morgan fingerprint density at radius 2 is 1.19 bits per heavy atom. The monoisotopic (exact) mass is 437 g/mol. The number of esters is 1. The molecule has 4 aromatic rings. The first-order chi connectivity index (χ1) is 15.6. The van der Waals surface area contributed by atoms with Crippen molar-refractivity contribution in [3.8, 4) is 16.9 Å². The Morgan fingerprint density at radius 1 is 0.688 bits per heavy atom. The molecule has 0 radical (unpaired) electrons. The van der Waals surface area contributed by atoms with Crippen molar-refractivity contribution in [2.24, 2.45) is 0 Å². The topological polar surface area (TPSA) is 46.6 Å². The standard InChI is InChI=1S/C27H19NO3S/c1-18(29)31-22-16-14-20(15-17-22)19-10-12-21(13-11-19)27(30)28-23-6-2-4-8-25(23)32-26-9-5-3-7-24(26)28/h2-17H,1H3. The second-order valence-electron chi connectivity index (χ2n) is 7.37. The molecule has 5 rings (SSSR count). The summed E-state index contributed by atoms with van der Waals surface area (Å²) >= 11 is 1.68. The first kappa shape index (κ1) is 20.1. The van der Waals surface area contributed by atoms with Crippen molar-refractivity contribution in [2.45, 2.75) is 16.7 Å². The van der Waals surface area contributed by atoms with Gasteiger partial charge in [-0.15, -0.1) is 0 Å². The Labute approximate surface area is 190 Å². The van der Waals surface area contributed by atoms with Gasteiger partial charge in [-0.1, -0.05) is 60.3 Å². The Hall–Kier alpha value is -3.83. The van der Waals surface area contributed by atoms with Crippen LogP contribution >= 0.6 is 11.8 Å². The molecule has 0 N–H and O–H groups in total. The first-order valence-electron chi connectivity index (χ1n) is 10.2. The van der Waals surface area contributed by atoms with Crippen LogP contribution in [0.1, 0.15) is 17.3 Å². The summed E-state index contributed by atoms with van der Waals surface area (Å²) in [5.41, 5.74) is 4.36. The van der Waals surface area contributed by atoms with Crippen LogP contribution in [0.5, 0.6) is 5.75 Å². The fourth-order valence-corrected chi connectivity index (χ4v) is 4.80. The fourth-order valence-electron chi connectivity index (χ4n) is 3.74. The van der Waals surface area contributed by atoms with Gasteiger partial charge in [0.05, 0.1) is 11.4 Å². The van der Waals surface area contributed by atoms with Gasteiger partial charge in [0, 0.05) is 22.3 Å². The zero-order valence-corrected chi connectivity index (χ0v) is 18.1. The van der Waals surface area contributed by atoms with Gasteiger partial charge in [0.25, 0.3) is 5.91 Å². The van der Waals surface area contributed by atoms with Gasteiger partial charge < -0.3 is 4.74 Å². The van der Waals surface area contributed by atoms with Gasteiger partial charge in [-0.3, -0.25) is 14.5 Å². The number of anilines is 2. The predicted molar refractivity (Wildman–Crippen MR) is 127 cm³/mol. The summed E-state index contributed by atoms with van der Waals surface area (Å²) < 4.78 is 5.09. The summed E-state index contributed by atoms with van der Waals surface area (Å²) in [5.74, 6) is 0.0928. The number of nitrogens with zero attached hydrogens (tertiary/aromatic N) is 1. The molecular weight excluding hydrogens is 418 g/mol. The zero-order valence-electron chi connectivity index (χ0n) is 17.3. The molecule has 0 saturated carbocycles. The van der Waals surface area contributed by atoms with E-state index in [4.69, 9.17) is 4.74 Å². The number of amides is 1. The third-order valence-corrected chi connectivity index (χ3v) is 6.35. The molecule has 0 bridgehead atoms. The molecule has 4 nitrogen and oxygen atoms in total. The minimum atomic E-state index is -0.347. The lowest BCUT2D eigenvalue weighted by molar-refractivity contribution is -0.131. The number of carbonyl (C=O) groups is 2. The molecule has 32 heavy (non-hydrogen) atoms. The van der Waals surface area contributed by atoms with Crippen LogP contribution in [0.4, 0.5) is 11.4 Å². The largest absolute Gasteiger partial charge is 0.427 e. The summed E-state index contributed by atoms with van der Waals surface area (Å²) in [6.07, 6.45) is 0. The minimum absolute atomic E-state index is 0.0676. The molecule has 1 heterocycles. The van der Waals surface area contributed by atoms with E-state index in [1.807, 2.05) is 84.9 Å². The van der Waals surface area contributed by atoms with Crippen molar-refractivity contribution in [3.63, 3.8) is 0 Å². The maximum Gasteiger partial charge on any atom is 0.308 e. The van der Waals surface area contributed by atoms with Crippen molar-refractivity contribution in [1.29, 1.82) is 0 Å². The Kier molecular flexibility index (Phi) is 5.25. The van der Waals surface area contributed by atoms with E-state index in [9.17, 15) is 9.59 Å². The number of hydrogen-bond donors (Lipinski definition) is 0. The average Bonchev–Trinajstić information content (AvgIpc) is 2.82. The molecule has 0 aliphatic carbocycles. The molecule has 1 aliphatic rings. The van der Waals surface area contributed by atoms with E-state index in [1.54, 1.807) is 28.8 Å². The fraction of sp³-hybridized carbons (Fsp3) is 0.0370. The van der Waals surface area contributed by atoms with E-state index in [0.717, 1.165) is 32.3 Å². The highest BCUT2D eigenvalue weighted by Gasteiger charge is 2.28. The molecule has 0 aromatic heterocycles. The highest BCUT2D eigenvalue weighted by molar-refractivity contribution is 7.99. The van der Waals surface area contributed by atoms with Crippen LogP contribution in [0.15, 0.2) is 107 Å². The van der Waals surface area contributed by atoms with Gasteiger partial charge in [-0.25, -0.2) is 0 Å². The molecule has 1 aliphatic heterocycles. The number of fused-ring (bicyclic) bond motifs is 2. The van der Waals surface area contributed by atoms with Crippen molar-refractivity contribution in [2.75, 3.05) is 4.90 Å². The number of carbonyl (C=O) groups excluding carboxylic acids is 2. The van der Waals surface area contributed by atoms with Crippen LogP contribution in [0.25, 0.3) is 11.1 Å². The molecule has 0 fully saturated rings. The highest BCUT2D eigenvalue weighted by Crippen LogP contribution is 2.48. The predicted octanol–water partition coefficient (Wildman–Crippen LogP) is 6.72. The minimum Gasteiger partial charge on any atom is -0.427 e. The average molecular weight is 438 g/mol. The zero-order chi connectivity index (χ0) is 22.1. The summed E-state index contributed by atoms with van der Waals surface area (Å²) in [7, 11) is 0. The van der Waals surface area contributed by atoms with Crippen LogP contribution < -0.4 is 9.64 Å². The van der Waals surface area contributed by atoms with Crippen LogP contribution in [0.3, 0.4) is 0 Å². The van der Waals surface area contributed by atoms with Crippen molar-refractivity contribution in [3.05, 3.63) is 103 Å². The molecule has 0 atom stereocenters. The molecule has 156 valence electrons. The second kappa shape index (κ2) is 8.36. The first-order valence-corrected chi connectivity index (χ1v) is 11.0. The number of benzene rings is 4. The van der Waals surface area contributed by atoms with E-state index in [-0.39, 0.29) is 11.9 Å². The second-order valence-corrected chi connectivity index (χ2v) is 8.46. The van der Waals surface area contributed by atoms with E-state index >= 15 is 0 Å². The Morgan fingerprint density at radius 3 is 1.72 bits per heavy atom. The van der Waals surface area contributed by atoms with Crippen molar-refractivity contribution >= 4 is 35.0 Å². The molecule has 4 aromatic carbocycles. The number of hydrogen-bond acceptors (Lipinski definition) is 4. The molecule has 1 amide bonds. The molecule has 0 saturated heterocycles. The summed E-state index contributed by atoms with van der Waals surface area (Å²) in [5, 5.41) is 0. The lowest BCUT2D eigenvalue weighted by atomic mass is 10.0. The summed E-state index contributed by atoms with van der Waals surface area (Å²) in [4.78, 5) is 28.6. The SMILES string of the molecule is CC(=O)Oc1ccc(-c2ccc(C(=O)N3c4ccccc4Sc4ccccc43)cc2)cc1. The third-order valence-electron chi connectivity index (χ3n) is 5.22. The number of rotatable bonds is 3. The van der Waals surface area contributed by atoms with E-state index < -0.39 is 0 Å². The van der Waals surface area contributed by atoms with Crippen LogP contribution in [-0.4, -0.2) is 11.9 Å². The highest BCUT2D eigenvalue weighted by atomic mass is 32.2. The van der Waals surface area contributed by atoms with E-state index in [1.165, 1.54) is 6.92 Å². The maximum absolute atomic E-state index is 13.6. The molecular formula is C27H19NO3S. The quantitative estimate of drug-likeness (QED) is 0.264. The van der Waals surface area contributed by atoms with Gasteiger partial charge >= 0.3 is 5.97 Å². The Balaban J connectivity index is 1.45. The van der Waals surface area contributed by atoms with Gasteiger partial charge in [-0.2, -0.15) is 0 Å². The van der Waals surface area contributed by atoms with Gasteiger partial charge in [0.15, 0.2) is 0 Å². The van der Waals surface area contributed by atoms with Crippen LogP contribution in [0, 0.1) is 0 Å². The van der Waals surface area contributed by atoms with Crippen molar-refractivity contribution < 1.29 is 14.3 Å². The van der Waals surface area contributed by atoms with Crippen molar-refractivity contribution in [1.82, 2.24) is 0 Å². The lowest BCUT2D eigenvalue weighted by Gasteiger charge is -2.31. The van der Waals surface area contributed by atoms with E-state index in [0.29, 0.717) is 11.3 Å². The number of para-hydroxylation sites is 2. The molecule has 0 spiro atoms. The van der Waals surface area contributed by atoms with Gasteiger partial charge in [0.1, 0.15) is 5.75 Å². The maximum atomic E-state index is 13.6. The van der Waals surface area contributed by atoms with Gasteiger partial charge in [0.2, 0.25) is 0 Å². The lowest BCUT2D eigenvalue weighted by Crippen LogP contribution is -2.28. The molecule has 5 heteroatoms. The normalized spacial score (nSPS) is 12.0. The smallest absolute Gasteiger partial charge is 0.308 e. The number of ether oxygens (including phenoxy) is 1. The van der Waals surface area contributed by atoms with Crippen LogP contribution in [-0.2, 0) is 4.79 Å². The van der Waals surface area contributed by atoms with Gasteiger partial charge in [-0.05, 0) is 59.7 Å². The van der Waals surface area contributed by atoms with E-state index in [2.05, 4.69) is 0 Å². The summed E-state index contributed by atoms with van der Waals surface area (Å²) in [6.45, 7) is 1.38. The Bertz CT molecular complexity index is 1270. The third kappa shape index (κ3) is 3.79. The molecule has 0 unspecified atom stereocenters. The van der Waals surface area contributed by atoms with Crippen LogP contribution in [0.2, 0.25) is 0 Å².